The number of nitrogens with one attached hydrogen (secondary N) is 2. The lowest BCUT2D eigenvalue weighted by Gasteiger charge is -2.14. The predicted octanol–water partition coefficient (Wildman–Crippen LogP) is 3.83. The van der Waals surface area contributed by atoms with Crippen LogP contribution in [0.2, 0.25) is 0 Å². The van der Waals surface area contributed by atoms with E-state index in [1.165, 1.54) is 0 Å². The third-order valence-electron chi connectivity index (χ3n) is 2.60. The van der Waals surface area contributed by atoms with Crippen molar-refractivity contribution in [3.8, 4) is 0 Å². The van der Waals surface area contributed by atoms with Crippen molar-refractivity contribution < 1.29 is 4.42 Å². The lowest BCUT2D eigenvalue weighted by atomic mass is 10.2. The maximum absolute atomic E-state index is 5.37. The van der Waals surface area contributed by atoms with Crippen LogP contribution in [0.5, 0.6) is 0 Å². The molecule has 0 fully saturated rings. The molecule has 2 N–H and O–H groups in total. The molecule has 1 unspecified atom stereocenters. The Morgan fingerprint density at radius 1 is 1.47 bits per heavy atom. The smallest absolute Gasteiger partial charge is 0.224 e. The summed E-state index contributed by atoms with van der Waals surface area (Å²) in [5.41, 5.74) is 0. The van der Waals surface area contributed by atoms with Crippen molar-refractivity contribution in [3.63, 3.8) is 0 Å². The lowest BCUT2D eigenvalue weighted by molar-refractivity contribution is 0.490. The molecule has 0 bridgehead atoms. The minimum atomic E-state index is 0.0419. The van der Waals surface area contributed by atoms with Crippen molar-refractivity contribution in [1.29, 1.82) is 0 Å². The van der Waals surface area contributed by atoms with Crippen LogP contribution in [0.3, 0.4) is 0 Å². The van der Waals surface area contributed by atoms with Crippen LogP contribution in [0.25, 0.3) is 0 Å². The molecule has 0 radical (unpaired) electrons. The van der Waals surface area contributed by atoms with E-state index in [1.807, 2.05) is 19.1 Å². The van der Waals surface area contributed by atoms with Gasteiger partial charge in [-0.05, 0) is 41.4 Å². The van der Waals surface area contributed by atoms with Crippen molar-refractivity contribution in [2.24, 2.45) is 0 Å². The molecule has 1 atom stereocenters. The molecule has 6 heteroatoms. The summed E-state index contributed by atoms with van der Waals surface area (Å²) in [6.07, 6.45) is 4.43. The topological polar surface area (TPSA) is 63.0 Å². The number of hydrogen-bond donors (Lipinski definition) is 2. The molecule has 19 heavy (non-hydrogen) atoms. The van der Waals surface area contributed by atoms with E-state index in [1.54, 1.807) is 12.5 Å². The maximum Gasteiger partial charge on any atom is 0.224 e. The van der Waals surface area contributed by atoms with Gasteiger partial charge in [-0.15, -0.1) is 0 Å². The number of aromatic nitrogens is 2. The molecule has 0 spiro atoms. The Morgan fingerprint density at radius 3 is 3.00 bits per heavy atom. The van der Waals surface area contributed by atoms with Crippen LogP contribution in [-0.2, 0) is 0 Å². The van der Waals surface area contributed by atoms with Crippen molar-refractivity contribution in [1.82, 2.24) is 9.97 Å². The Labute approximate surface area is 121 Å². The molecular formula is C13H17BrN4O. The number of anilines is 2. The van der Waals surface area contributed by atoms with Gasteiger partial charge in [-0.25, -0.2) is 4.98 Å². The summed E-state index contributed by atoms with van der Waals surface area (Å²) in [6, 6.07) is 3.85. The van der Waals surface area contributed by atoms with E-state index in [9.17, 15) is 0 Å². The zero-order valence-corrected chi connectivity index (χ0v) is 12.6. The van der Waals surface area contributed by atoms with Crippen LogP contribution in [0.1, 0.15) is 32.1 Å². The summed E-state index contributed by atoms with van der Waals surface area (Å²) in [6.45, 7) is 4.98. The minimum absolute atomic E-state index is 0.0419. The van der Waals surface area contributed by atoms with Gasteiger partial charge in [-0.1, -0.05) is 6.92 Å². The number of hydrogen-bond acceptors (Lipinski definition) is 5. The Bertz CT molecular complexity index is 515. The second-order valence-electron chi connectivity index (χ2n) is 4.20. The van der Waals surface area contributed by atoms with Gasteiger partial charge >= 0.3 is 0 Å². The quantitative estimate of drug-likeness (QED) is 0.845. The van der Waals surface area contributed by atoms with Crippen LogP contribution in [0.15, 0.2) is 33.5 Å². The third-order valence-corrected chi connectivity index (χ3v) is 3.18. The molecule has 102 valence electrons. The average molecular weight is 325 g/mol. The van der Waals surface area contributed by atoms with Gasteiger partial charge in [0.25, 0.3) is 0 Å². The van der Waals surface area contributed by atoms with Gasteiger partial charge in [0.2, 0.25) is 5.95 Å². The second kappa shape index (κ2) is 6.56. The highest BCUT2D eigenvalue weighted by Gasteiger charge is 2.12. The average Bonchev–Trinajstić information content (AvgIpc) is 2.93. The number of rotatable bonds is 6. The van der Waals surface area contributed by atoms with Crippen molar-refractivity contribution >= 4 is 27.7 Å². The molecule has 0 aromatic carbocycles. The fraction of sp³-hybridized carbons (Fsp3) is 0.385. The van der Waals surface area contributed by atoms with Gasteiger partial charge in [-0.2, -0.15) is 4.98 Å². The minimum Gasteiger partial charge on any atom is -0.467 e. The normalized spacial score (nSPS) is 12.2. The largest absolute Gasteiger partial charge is 0.467 e. The molecule has 5 nitrogen and oxygen atoms in total. The van der Waals surface area contributed by atoms with Crippen molar-refractivity contribution in [2.75, 3.05) is 17.2 Å². The predicted molar refractivity (Wildman–Crippen MR) is 79.3 cm³/mol. The Kier molecular flexibility index (Phi) is 4.79. The summed E-state index contributed by atoms with van der Waals surface area (Å²) >= 11 is 3.44. The van der Waals surface area contributed by atoms with Gasteiger partial charge in [-0.3, -0.25) is 0 Å². The van der Waals surface area contributed by atoms with Crippen LogP contribution in [0.4, 0.5) is 11.8 Å². The zero-order valence-electron chi connectivity index (χ0n) is 11.0. The first-order valence-electron chi connectivity index (χ1n) is 6.27. The second-order valence-corrected chi connectivity index (χ2v) is 5.05. The first-order chi connectivity index (χ1) is 9.20. The van der Waals surface area contributed by atoms with Crippen molar-refractivity contribution in [3.05, 3.63) is 34.8 Å². The van der Waals surface area contributed by atoms with Crippen molar-refractivity contribution in [2.45, 2.75) is 26.3 Å². The molecule has 0 saturated carbocycles. The molecule has 2 rings (SSSR count). The molecule has 2 aromatic heterocycles. The van der Waals surface area contributed by atoms with E-state index in [-0.39, 0.29) is 6.04 Å². The number of furan rings is 1. The highest BCUT2D eigenvalue weighted by molar-refractivity contribution is 9.10. The van der Waals surface area contributed by atoms with Gasteiger partial charge in [0.1, 0.15) is 11.6 Å². The summed E-state index contributed by atoms with van der Waals surface area (Å²) in [5.74, 6) is 2.24. The highest BCUT2D eigenvalue weighted by Crippen LogP contribution is 2.25. The van der Waals surface area contributed by atoms with Crippen LogP contribution in [-0.4, -0.2) is 16.5 Å². The monoisotopic (exact) mass is 324 g/mol. The van der Waals surface area contributed by atoms with E-state index in [0.717, 1.165) is 29.0 Å². The standard InChI is InChI=1S/C13H17BrN4O/c1-3-6-15-13-16-8-10(14)12(18-13)17-9(2)11-5-4-7-19-11/h4-5,7-9H,3,6H2,1-2H3,(H2,15,16,17,18). The van der Waals surface area contributed by atoms with Crippen LogP contribution < -0.4 is 10.6 Å². The number of nitrogens with zero attached hydrogens (tertiary/aromatic N) is 2. The van der Waals surface area contributed by atoms with Crippen LogP contribution >= 0.6 is 15.9 Å². The molecule has 0 saturated heterocycles. The van der Waals surface area contributed by atoms with E-state index in [4.69, 9.17) is 4.42 Å². The molecule has 2 heterocycles. The Balaban J connectivity index is 2.10. The van der Waals surface area contributed by atoms with E-state index < -0.39 is 0 Å². The first-order valence-corrected chi connectivity index (χ1v) is 7.06. The van der Waals surface area contributed by atoms with Gasteiger partial charge < -0.3 is 15.1 Å². The Morgan fingerprint density at radius 2 is 2.32 bits per heavy atom. The summed E-state index contributed by atoms with van der Waals surface area (Å²) in [4.78, 5) is 8.65. The molecule has 0 aliphatic rings. The van der Waals surface area contributed by atoms with E-state index >= 15 is 0 Å². The van der Waals surface area contributed by atoms with E-state index in [2.05, 4.69) is 43.5 Å². The lowest BCUT2D eigenvalue weighted by Crippen LogP contribution is -2.10. The maximum atomic E-state index is 5.37. The van der Waals surface area contributed by atoms with Gasteiger partial charge in [0.05, 0.1) is 16.8 Å². The fourth-order valence-electron chi connectivity index (χ4n) is 1.60. The fourth-order valence-corrected chi connectivity index (χ4v) is 1.91. The van der Waals surface area contributed by atoms with Crippen LogP contribution in [0, 0.1) is 0 Å². The van der Waals surface area contributed by atoms with Gasteiger partial charge in [0, 0.05) is 12.7 Å². The molecular weight excluding hydrogens is 308 g/mol. The first kappa shape index (κ1) is 13.9. The highest BCUT2D eigenvalue weighted by atomic mass is 79.9. The Hall–Kier alpha value is -1.56. The third kappa shape index (κ3) is 3.70. The summed E-state index contributed by atoms with van der Waals surface area (Å²) < 4.78 is 6.19. The number of halogens is 1. The SMILES string of the molecule is CCCNc1ncc(Br)c(NC(C)c2ccco2)n1. The van der Waals surface area contributed by atoms with E-state index in [0.29, 0.717) is 5.95 Å². The summed E-state index contributed by atoms with van der Waals surface area (Å²) in [5, 5.41) is 6.46. The summed E-state index contributed by atoms with van der Waals surface area (Å²) in [7, 11) is 0. The zero-order chi connectivity index (χ0) is 13.7. The molecule has 0 amide bonds. The molecule has 0 aliphatic heterocycles. The molecule has 0 aliphatic carbocycles. The molecule has 2 aromatic rings. The van der Waals surface area contributed by atoms with Gasteiger partial charge in [0.15, 0.2) is 0 Å².